The second-order valence-corrected chi connectivity index (χ2v) is 4.14. The zero-order chi connectivity index (χ0) is 13.1. The van der Waals surface area contributed by atoms with Crippen molar-refractivity contribution in [3.63, 3.8) is 0 Å². The lowest BCUT2D eigenvalue weighted by Gasteiger charge is -2.14. The van der Waals surface area contributed by atoms with E-state index in [1.165, 1.54) is 7.11 Å². The summed E-state index contributed by atoms with van der Waals surface area (Å²) in [5.41, 5.74) is 1.11. The van der Waals surface area contributed by atoms with Gasteiger partial charge in [-0.15, -0.1) is 0 Å². The Balaban J connectivity index is 2.31. The molecule has 4 heteroatoms. The van der Waals surface area contributed by atoms with Gasteiger partial charge in [0.1, 0.15) is 6.10 Å². The molecule has 1 aromatic carbocycles. The quantitative estimate of drug-likeness (QED) is 0.885. The van der Waals surface area contributed by atoms with Crippen LogP contribution in [0.2, 0.25) is 0 Å². The number of allylic oxidation sites excluding steroid dienone is 1. The number of aliphatic hydroxyl groups is 1. The number of hydrogen-bond acceptors (Lipinski definition) is 4. The van der Waals surface area contributed by atoms with Gasteiger partial charge in [0.2, 0.25) is 0 Å². The van der Waals surface area contributed by atoms with Gasteiger partial charge < -0.3 is 14.6 Å². The van der Waals surface area contributed by atoms with Crippen LogP contribution >= 0.6 is 0 Å². The lowest BCUT2D eigenvalue weighted by atomic mass is 10.00. The lowest BCUT2D eigenvalue weighted by molar-refractivity contribution is -0.115. The number of ether oxygens (including phenoxy) is 2. The molecule has 0 aliphatic heterocycles. The second kappa shape index (κ2) is 5.23. The number of carbonyl (C=O) groups excluding carboxylic acids is 1. The van der Waals surface area contributed by atoms with Gasteiger partial charge in [-0.1, -0.05) is 12.1 Å². The van der Waals surface area contributed by atoms with E-state index in [0.29, 0.717) is 35.5 Å². The number of ketones is 1. The summed E-state index contributed by atoms with van der Waals surface area (Å²) in [6.45, 7) is 0. The van der Waals surface area contributed by atoms with Crippen LogP contribution in [0.1, 0.15) is 24.5 Å². The van der Waals surface area contributed by atoms with E-state index in [1.807, 2.05) is 0 Å². The Kier molecular flexibility index (Phi) is 3.67. The van der Waals surface area contributed by atoms with E-state index >= 15 is 0 Å². The molecule has 0 saturated carbocycles. The van der Waals surface area contributed by atoms with Gasteiger partial charge in [0.05, 0.1) is 14.2 Å². The minimum Gasteiger partial charge on any atom is -0.493 e. The van der Waals surface area contributed by atoms with Crippen molar-refractivity contribution >= 4 is 5.78 Å². The standard InChI is InChI=1S/C14H16O4/c1-17-12-7-6-9(8-13(12)18-2)14(16)10-4-3-5-11(10)15/h4,6-8,14,16H,3,5H2,1-2H3. The fourth-order valence-corrected chi connectivity index (χ4v) is 2.08. The third-order valence-corrected chi connectivity index (χ3v) is 3.08. The lowest BCUT2D eigenvalue weighted by Crippen LogP contribution is -2.07. The summed E-state index contributed by atoms with van der Waals surface area (Å²) in [5, 5.41) is 10.2. The van der Waals surface area contributed by atoms with E-state index in [2.05, 4.69) is 0 Å². The van der Waals surface area contributed by atoms with E-state index in [0.717, 1.165) is 0 Å². The molecule has 0 spiro atoms. The van der Waals surface area contributed by atoms with Crippen LogP contribution in [0.25, 0.3) is 0 Å². The van der Waals surface area contributed by atoms with E-state index in [1.54, 1.807) is 31.4 Å². The van der Waals surface area contributed by atoms with Crippen molar-refractivity contribution in [3.8, 4) is 11.5 Å². The third-order valence-electron chi connectivity index (χ3n) is 3.08. The summed E-state index contributed by atoms with van der Waals surface area (Å²) in [6, 6.07) is 5.14. The van der Waals surface area contributed by atoms with Crippen molar-refractivity contribution in [2.45, 2.75) is 18.9 Å². The molecular weight excluding hydrogens is 232 g/mol. The average molecular weight is 248 g/mol. The molecule has 0 amide bonds. The van der Waals surface area contributed by atoms with Gasteiger partial charge in [-0.05, 0) is 24.1 Å². The van der Waals surface area contributed by atoms with E-state index in [9.17, 15) is 9.90 Å². The predicted octanol–water partition coefficient (Wildman–Crippen LogP) is 2.03. The maximum Gasteiger partial charge on any atom is 0.161 e. The Morgan fingerprint density at radius 3 is 2.50 bits per heavy atom. The Hall–Kier alpha value is -1.81. The van der Waals surface area contributed by atoms with Crippen molar-refractivity contribution < 1.29 is 19.4 Å². The van der Waals surface area contributed by atoms with Gasteiger partial charge >= 0.3 is 0 Å². The Labute approximate surface area is 106 Å². The molecule has 4 nitrogen and oxygen atoms in total. The van der Waals surface area contributed by atoms with E-state index < -0.39 is 6.10 Å². The molecular formula is C14H16O4. The monoisotopic (exact) mass is 248 g/mol. The molecule has 0 bridgehead atoms. The summed E-state index contributed by atoms with van der Waals surface area (Å²) in [6.07, 6.45) is 2.10. The van der Waals surface area contributed by atoms with Crippen LogP contribution in [0.4, 0.5) is 0 Å². The van der Waals surface area contributed by atoms with Crippen molar-refractivity contribution in [1.29, 1.82) is 0 Å². The highest BCUT2D eigenvalue weighted by molar-refractivity contribution is 5.98. The Bertz CT molecular complexity index is 491. The zero-order valence-electron chi connectivity index (χ0n) is 10.5. The molecule has 1 atom stereocenters. The summed E-state index contributed by atoms with van der Waals surface area (Å²) in [4.78, 5) is 11.6. The van der Waals surface area contributed by atoms with Crippen LogP contribution in [0.3, 0.4) is 0 Å². The molecule has 1 unspecified atom stereocenters. The molecule has 0 fully saturated rings. The molecule has 0 saturated heterocycles. The van der Waals surface area contributed by atoms with Crippen LogP contribution in [0, 0.1) is 0 Å². The smallest absolute Gasteiger partial charge is 0.161 e. The van der Waals surface area contributed by atoms with Crippen LogP contribution in [-0.2, 0) is 4.79 Å². The maximum atomic E-state index is 11.6. The molecule has 96 valence electrons. The van der Waals surface area contributed by atoms with Crippen molar-refractivity contribution in [2.75, 3.05) is 14.2 Å². The van der Waals surface area contributed by atoms with Gasteiger partial charge in [0.25, 0.3) is 0 Å². The highest BCUT2D eigenvalue weighted by Gasteiger charge is 2.24. The number of carbonyl (C=O) groups is 1. The van der Waals surface area contributed by atoms with E-state index in [-0.39, 0.29) is 5.78 Å². The maximum absolute atomic E-state index is 11.6. The number of benzene rings is 1. The number of Topliss-reactive ketones (excluding diaryl/α,β-unsaturated/α-hetero) is 1. The van der Waals surface area contributed by atoms with Crippen molar-refractivity contribution in [3.05, 3.63) is 35.4 Å². The number of aliphatic hydroxyl groups excluding tert-OH is 1. The molecule has 2 rings (SSSR count). The van der Waals surface area contributed by atoms with Crippen LogP contribution in [0.5, 0.6) is 11.5 Å². The molecule has 1 aromatic rings. The summed E-state index contributed by atoms with van der Waals surface area (Å²) in [5.74, 6) is 1.15. The summed E-state index contributed by atoms with van der Waals surface area (Å²) < 4.78 is 10.3. The largest absolute Gasteiger partial charge is 0.493 e. The predicted molar refractivity (Wildman–Crippen MR) is 66.8 cm³/mol. The van der Waals surface area contributed by atoms with Crippen LogP contribution in [-0.4, -0.2) is 25.1 Å². The first kappa shape index (κ1) is 12.6. The van der Waals surface area contributed by atoms with E-state index in [4.69, 9.17) is 9.47 Å². The van der Waals surface area contributed by atoms with Gasteiger partial charge in [0, 0.05) is 12.0 Å². The van der Waals surface area contributed by atoms with Crippen molar-refractivity contribution in [2.24, 2.45) is 0 Å². The minimum absolute atomic E-state index is 0.0114. The molecule has 0 aromatic heterocycles. The molecule has 0 heterocycles. The third kappa shape index (κ3) is 2.24. The SMILES string of the molecule is COc1ccc(C(O)C2=CCCC2=O)cc1OC. The zero-order valence-corrected chi connectivity index (χ0v) is 10.5. The fraction of sp³-hybridized carbons (Fsp3) is 0.357. The molecule has 0 radical (unpaired) electrons. The number of methoxy groups -OCH3 is 2. The molecule has 1 aliphatic carbocycles. The average Bonchev–Trinajstić information content (AvgIpc) is 2.83. The number of rotatable bonds is 4. The normalized spacial score (nSPS) is 16.4. The first-order chi connectivity index (χ1) is 8.67. The van der Waals surface area contributed by atoms with Gasteiger partial charge in [0.15, 0.2) is 17.3 Å². The van der Waals surface area contributed by atoms with Crippen molar-refractivity contribution in [1.82, 2.24) is 0 Å². The first-order valence-electron chi connectivity index (χ1n) is 5.80. The van der Waals surface area contributed by atoms with Gasteiger partial charge in [-0.3, -0.25) is 4.79 Å². The van der Waals surface area contributed by atoms with Crippen LogP contribution in [0.15, 0.2) is 29.8 Å². The molecule has 1 N–H and O–H groups in total. The molecule has 18 heavy (non-hydrogen) atoms. The second-order valence-electron chi connectivity index (χ2n) is 4.14. The Morgan fingerprint density at radius 2 is 1.94 bits per heavy atom. The number of hydrogen-bond donors (Lipinski definition) is 1. The van der Waals surface area contributed by atoms with Gasteiger partial charge in [-0.25, -0.2) is 0 Å². The van der Waals surface area contributed by atoms with Crippen LogP contribution < -0.4 is 9.47 Å². The summed E-state index contributed by atoms with van der Waals surface area (Å²) in [7, 11) is 3.09. The Morgan fingerprint density at radius 1 is 1.22 bits per heavy atom. The van der Waals surface area contributed by atoms with Gasteiger partial charge in [-0.2, -0.15) is 0 Å². The minimum atomic E-state index is -0.889. The fourth-order valence-electron chi connectivity index (χ4n) is 2.08. The highest BCUT2D eigenvalue weighted by Crippen LogP contribution is 2.34. The summed E-state index contributed by atoms with van der Waals surface area (Å²) >= 11 is 0. The topological polar surface area (TPSA) is 55.8 Å². The molecule has 1 aliphatic rings. The first-order valence-corrected chi connectivity index (χ1v) is 5.80. The highest BCUT2D eigenvalue weighted by atomic mass is 16.5.